The van der Waals surface area contributed by atoms with Crippen LogP contribution < -0.4 is 0 Å². The van der Waals surface area contributed by atoms with Gasteiger partial charge in [-0.3, -0.25) is 9.88 Å². The summed E-state index contributed by atoms with van der Waals surface area (Å²) in [5.74, 6) is 1.48. The van der Waals surface area contributed by atoms with E-state index in [4.69, 9.17) is 4.52 Å². The van der Waals surface area contributed by atoms with Crippen molar-refractivity contribution < 1.29 is 4.52 Å². The Labute approximate surface area is 104 Å². The second kappa shape index (κ2) is 5.88. The molecule has 6 heteroatoms. The maximum atomic E-state index is 5.19. The lowest BCUT2D eigenvalue weighted by atomic mass is 10.3. The largest absolute Gasteiger partial charge is 0.338 e. The van der Waals surface area contributed by atoms with Crippen LogP contribution in [0.3, 0.4) is 0 Å². The van der Waals surface area contributed by atoms with Crippen LogP contribution in [0.5, 0.6) is 0 Å². The third-order valence-electron chi connectivity index (χ3n) is 2.30. The summed E-state index contributed by atoms with van der Waals surface area (Å²) in [4.78, 5) is 11.8. The molecule has 0 saturated heterocycles. The van der Waals surface area contributed by atoms with Crippen molar-refractivity contribution >= 4 is 11.3 Å². The average molecular weight is 252 g/mol. The van der Waals surface area contributed by atoms with Crippen molar-refractivity contribution in [3.05, 3.63) is 28.3 Å². The van der Waals surface area contributed by atoms with Crippen molar-refractivity contribution in [3.8, 4) is 0 Å². The van der Waals surface area contributed by atoms with E-state index >= 15 is 0 Å². The topological polar surface area (TPSA) is 55.1 Å². The van der Waals surface area contributed by atoms with Crippen molar-refractivity contribution in [2.24, 2.45) is 0 Å². The van der Waals surface area contributed by atoms with Gasteiger partial charge in [-0.25, -0.2) is 0 Å². The maximum absolute atomic E-state index is 5.19. The zero-order valence-corrected chi connectivity index (χ0v) is 10.9. The van der Waals surface area contributed by atoms with E-state index in [-0.39, 0.29) is 0 Å². The van der Waals surface area contributed by atoms with Crippen LogP contribution in [-0.4, -0.2) is 27.1 Å². The first kappa shape index (κ1) is 12.2. The van der Waals surface area contributed by atoms with E-state index in [0.717, 1.165) is 25.2 Å². The van der Waals surface area contributed by atoms with E-state index in [1.165, 1.54) is 4.88 Å². The van der Waals surface area contributed by atoms with E-state index in [9.17, 15) is 0 Å². The van der Waals surface area contributed by atoms with Crippen LogP contribution in [0.2, 0.25) is 0 Å². The van der Waals surface area contributed by atoms with Crippen LogP contribution in [-0.2, 0) is 19.5 Å². The average Bonchev–Trinajstić information content (AvgIpc) is 2.91. The van der Waals surface area contributed by atoms with Gasteiger partial charge in [0.15, 0.2) is 5.82 Å². The molecular weight excluding hydrogens is 236 g/mol. The highest BCUT2D eigenvalue weighted by Crippen LogP contribution is 2.10. The third kappa shape index (κ3) is 3.61. The molecule has 0 unspecified atom stereocenters. The molecule has 2 aromatic rings. The minimum absolute atomic E-state index is 0.675. The highest BCUT2D eigenvalue weighted by molar-refractivity contribution is 7.09. The molecule has 0 aliphatic carbocycles. The van der Waals surface area contributed by atoms with E-state index in [2.05, 4.69) is 26.9 Å². The van der Waals surface area contributed by atoms with Gasteiger partial charge in [-0.2, -0.15) is 4.98 Å². The van der Waals surface area contributed by atoms with Crippen molar-refractivity contribution in [1.82, 2.24) is 20.0 Å². The molecule has 92 valence electrons. The normalized spacial score (nSPS) is 11.2. The molecule has 0 radical (unpaired) electrons. The quantitative estimate of drug-likeness (QED) is 0.788. The fourth-order valence-corrected chi connectivity index (χ4v) is 2.23. The fourth-order valence-electron chi connectivity index (χ4n) is 1.55. The van der Waals surface area contributed by atoms with Crippen LogP contribution in [0.25, 0.3) is 0 Å². The molecule has 0 aromatic carbocycles. The van der Waals surface area contributed by atoms with Gasteiger partial charge in [-0.05, 0) is 13.5 Å². The van der Waals surface area contributed by atoms with Crippen molar-refractivity contribution in [2.75, 3.05) is 7.05 Å². The summed E-state index contributed by atoms with van der Waals surface area (Å²) in [6.07, 6.45) is 3.80. The standard InChI is InChI=1S/C11H16N4OS/c1-3-4-10-13-11(16-14-10)7-15(2)6-9-5-12-8-17-9/h5,8H,3-4,6-7H2,1-2H3. The van der Waals surface area contributed by atoms with Gasteiger partial charge in [0.2, 0.25) is 5.89 Å². The Kier molecular flexibility index (Phi) is 4.22. The molecule has 0 bridgehead atoms. The first-order valence-electron chi connectivity index (χ1n) is 5.65. The Morgan fingerprint density at radius 1 is 1.41 bits per heavy atom. The second-order valence-electron chi connectivity index (χ2n) is 3.99. The maximum Gasteiger partial charge on any atom is 0.240 e. The van der Waals surface area contributed by atoms with E-state index < -0.39 is 0 Å². The fraction of sp³-hybridized carbons (Fsp3) is 0.545. The highest BCUT2D eigenvalue weighted by Gasteiger charge is 2.09. The second-order valence-corrected chi connectivity index (χ2v) is 4.97. The summed E-state index contributed by atoms with van der Waals surface area (Å²) >= 11 is 1.66. The van der Waals surface area contributed by atoms with Crippen molar-refractivity contribution in [1.29, 1.82) is 0 Å². The SMILES string of the molecule is CCCc1noc(CN(C)Cc2cncs2)n1. The van der Waals surface area contributed by atoms with Crippen molar-refractivity contribution in [2.45, 2.75) is 32.9 Å². The number of hydrogen-bond acceptors (Lipinski definition) is 6. The molecule has 0 amide bonds. The molecule has 0 fully saturated rings. The van der Waals surface area contributed by atoms with Gasteiger partial charge in [0.05, 0.1) is 12.1 Å². The van der Waals surface area contributed by atoms with Crippen LogP contribution in [0.15, 0.2) is 16.2 Å². The Balaban J connectivity index is 1.86. The molecule has 0 aliphatic rings. The molecule has 2 aromatic heterocycles. The molecule has 17 heavy (non-hydrogen) atoms. The lowest BCUT2D eigenvalue weighted by Crippen LogP contribution is -2.16. The Bertz CT molecular complexity index is 440. The smallest absolute Gasteiger partial charge is 0.240 e. The van der Waals surface area contributed by atoms with Gasteiger partial charge in [0.25, 0.3) is 0 Å². The predicted octanol–water partition coefficient (Wildman–Crippen LogP) is 2.11. The van der Waals surface area contributed by atoms with E-state index in [1.54, 1.807) is 11.3 Å². The number of hydrogen-bond donors (Lipinski definition) is 0. The molecule has 0 spiro atoms. The summed E-state index contributed by atoms with van der Waals surface area (Å²) in [6, 6.07) is 0. The Morgan fingerprint density at radius 2 is 2.29 bits per heavy atom. The van der Waals surface area contributed by atoms with Crippen LogP contribution in [0.4, 0.5) is 0 Å². The molecule has 0 aliphatic heterocycles. The molecular formula is C11H16N4OS. The lowest BCUT2D eigenvalue weighted by Gasteiger charge is -2.11. The van der Waals surface area contributed by atoms with Gasteiger partial charge in [-0.1, -0.05) is 12.1 Å². The van der Waals surface area contributed by atoms with Crippen LogP contribution >= 0.6 is 11.3 Å². The molecule has 0 N–H and O–H groups in total. The highest BCUT2D eigenvalue weighted by atomic mass is 32.1. The van der Waals surface area contributed by atoms with Crippen LogP contribution in [0, 0.1) is 0 Å². The number of aryl methyl sites for hydroxylation is 1. The first-order chi connectivity index (χ1) is 8.28. The first-order valence-corrected chi connectivity index (χ1v) is 6.53. The summed E-state index contributed by atoms with van der Waals surface area (Å²) in [7, 11) is 2.03. The van der Waals surface area contributed by atoms with Crippen LogP contribution in [0.1, 0.15) is 29.9 Å². The minimum Gasteiger partial charge on any atom is -0.338 e. The van der Waals surface area contributed by atoms with Gasteiger partial charge in [0, 0.05) is 24.0 Å². The number of thiazole rings is 1. The van der Waals surface area contributed by atoms with Gasteiger partial charge >= 0.3 is 0 Å². The minimum atomic E-state index is 0.675. The molecule has 2 heterocycles. The predicted molar refractivity (Wildman–Crippen MR) is 65.6 cm³/mol. The summed E-state index contributed by atoms with van der Waals surface area (Å²) in [5, 5.41) is 3.93. The number of rotatable bonds is 6. The molecule has 5 nitrogen and oxygen atoms in total. The monoisotopic (exact) mass is 252 g/mol. The van der Waals surface area contributed by atoms with Gasteiger partial charge in [-0.15, -0.1) is 11.3 Å². The van der Waals surface area contributed by atoms with Crippen molar-refractivity contribution in [3.63, 3.8) is 0 Å². The number of aromatic nitrogens is 3. The van der Waals surface area contributed by atoms with E-state index in [0.29, 0.717) is 12.4 Å². The molecule has 0 saturated carbocycles. The zero-order chi connectivity index (χ0) is 12.1. The van der Waals surface area contributed by atoms with Gasteiger partial charge < -0.3 is 4.52 Å². The molecule has 0 atom stereocenters. The van der Waals surface area contributed by atoms with Gasteiger partial charge in [0.1, 0.15) is 0 Å². The van der Waals surface area contributed by atoms with E-state index in [1.807, 2.05) is 18.8 Å². The Morgan fingerprint density at radius 3 is 3.00 bits per heavy atom. The summed E-state index contributed by atoms with van der Waals surface area (Å²) in [5.41, 5.74) is 1.84. The molecule has 2 rings (SSSR count). The zero-order valence-electron chi connectivity index (χ0n) is 10.1. The Hall–Kier alpha value is -1.27. The summed E-state index contributed by atoms with van der Waals surface area (Å²) in [6.45, 7) is 3.64. The number of nitrogens with zero attached hydrogens (tertiary/aromatic N) is 4. The summed E-state index contributed by atoms with van der Waals surface area (Å²) < 4.78 is 5.19. The lowest BCUT2D eigenvalue weighted by molar-refractivity contribution is 0.261. The third-order valence-corrected chi connectivity index (χ3v) is 3.06.